The van der Waals surface area contributed by atoms with Crippen molar-refractivity contribution in [2.24, 2.45) is 0 Å². The average molecular weight is 336 g/mol. The Morgan fingerprint density at radius 3 is 2.61 bits per heavy atom. The molecule has 124 valence electrons. The predicted octanol–water partition coefficient (Wildman–Crippen LogP) is 2.55. The summed E-state index contributed by atoms with van der Waals surface area (Å²) in [6.45, 7) is 0.694. The van der Waals surface area contributed by atoms with Crippen LogP contribution in [-0.4, -0.2) is 30.6 Å². The molecule has 2 fully saturated rings. The topological polar surface area (TPSA) is 70.2 Å². The van der Waals surface area contributed by atoms with Gasteiger partial charge in [0.25, 0.3) is 0 Å². The number of benzene rings is 1. The molecule has 1 heterocycles. The van der Waals surface area contributed by atoms with Crippen molar-refractivity contribution in [2.45, 2.75) is 50.1 Å². The number of carbonyl (C=O) groups is 2. The molecule has 3 atom stereocenters. The van der Waals surface area contributed by atoms with Crippen molar-refractivity contribution in [1.29, 1.82) is 0 Å². The summed E-state index contributed by atoms with van der Waals surface area (Å²) in [5.41, 5.74) is 1.20. The summed E-state index contributed by atoms with van der Waals surface area (Å²) in [5.74, 6) is 0.213. The first-order chi connectivity index (χ1) is 11.1. The molecule has 1 aromatic rings. The smallest absolute Gasteiger partial charge is 0.315 e. The Kier molecular flexibility index (Phi) is 5.06. The van der Waals surface area contributed by atoms with E-state index in [2.05, 4.69) is 16.0 Å². The second-order valence-electron chi connectivity index (χ2n) is 6.30. The van der Waals surface area contributed by atoms with Crippen molar-refractivity contribution in [2.75, 3.05) is 6.54 Å². The molecule has 1 aliphatic carbocycles. The summed E-state index contributed by atoms with van der Waals surface area (Å²) < 4.78 is 0. The highest BCUT2D eigenvalue weighted by molar-refractivity contribution is 6.30. The molecule has 3 amide bonds. The molecular weight excluding hydrogens is 314 g/mol. The van der Waals surface area contributed by atoms with Crippen LogP contribution < -0.4 is 16.0 Å². The fourth-order valence-corrected chi connectivity index (χ4v) is 3.65. The summed E-state index contributed by atoms with van der Waals surface area (Å²) in [5, 5.41) is 9.34. The van der Waals surface area contributed by atoms with Crippen LogP contribution in [0, 0.1) is 0 Å². The molecule has 0 radical (unpaired) electrons. The van der Waals surface area contributed by atoms with Crippen LogP contribution in [0.3, 0.4) is 0 Å². The first-order valence-corrected chi connectivity index (χ1v) is 8.61. The van der Waals surface area contributed by atoms with Gasteiger partial charge in [-0.3, -0.25) is 4.79 Å². The molecule has 0 unspecified atom stereocenters. The Labute approximate surface area is 141 Å². The second kappa shape index (κ2) is 7.21. The first kappa shape index (κ1) is 16.1. The van der Waals surface area contributed by atoms with Crippen molar-refractivity contribution >= 4 is 23.5 Å². The summed E-state index contributed by atoms with van der Waals surface area (Å²) in [7, 11) is 0. The van der Waals surface area contributed by atoms with Crippen LogP contribution in [0.4, 0.5) is 4.79 Å². The highest BCUT2D eigenvalue weighted by Gasteiger charge is 2.31. The van der Waals surface area contributed by atoms with Crippen LogP contribution in [-0.2, 0) is 4.79 Å². The van der Waals surface area contributed by atoms with Gasteiger partial charge in [0.05, 0.1) is 0 Å². The lowest BCUT2D eigenvalue weighted by Gasteiger charge is -2.26. The lowest BCUT2D eigenvalue weighted by Crippen LogP contribution is -2.54. The predicted molar refractivity (Wildman–Crippen MR) is 89.5 cm³/mol. The van der Waals surface area contributed by atoms with Crippen LogP contribution in [0.2, 0.25) is 5.02 Å². The number of halogens is 1. The molecule has 0 spiro atoms. The zero-order valence-electron chi connectivity index (χ0n) is 13.0. The molecule has 5 nitrogen and oxygen atoms in total. The van der Waals surface area contributed by atoms with Gasteiger partial charge in [-0.25, -0.2) is 4.79 Å². The number of hydrogen-bond acceptors (Lipinski definition) is 2. The number of piperidine rings is 1. The number of rotatable bonds is 3. The SMILES string of the molecule is O=C(N[C@H]1CCC[C@H]1c1ccc(Cl)cc1)N[C@@H]1CCCNC1=O. The normalized spacial score (nSPS) is 27.3. The Morgan fingerprint density at radius 1 is 1.09 bits per heavy atom. The lowest BCUT2D eigenvalue weighted by molar-refractivity contribution is -0.124. The third-order valence-corrected chi connectivity index (χ3v) is 4.97. The molecule has 3 rings (SSSR count). The van der Waals surface area contributed by atoms with Crippen molar-refractivity contribution < 1.29 is 9.59 Å². The third-order valence-electron chi connectivity index (χ3n) is 4.72. The Morgan fingerprint density at radius 2 is 1.87 bits per heavy atom. The maximum atomic E-state index is 12.2. The minimum Gasteiger partial charge on any atom is -0.354 e. The summed E-state index contributed by atoms with van der Waals surface area (Å²) in [6, 6.07) is 7.26. The molecule has 1 saturated heterocycles. The van der Waals surface area contributed by atoms with Gasteiger partial charge in [-0.2, -0.15) is 0 Å². The van der Waals surface area contributed by atoms with Gasteiger partial charge < -0.3 is 16.0 Å². The number of carbonyl (C=O) groups excluding carboxylic acids is 2. The Balaban J connectivity index is 1.58. The Bertz CT molecular complexity index is 576. The van der Waals surface area contributed by atoms with Gasteiger partial charge in [0.15, 0.2) is 0 Å². The van der Waals surface area contributed by atoms with Crippen molar-refractivity contribution in [3.8, 4) is 0 Å². The van der Waals surface area contributed by atoms with E-state index in [1.165, 1.54) is 5.56 Å². The summed E-state index contributed by atoms with van der Waals surface area (Å²) >= 11 is 5.94. The largest absolute Gasteiger partial charge is 0.354 e. The zero-order valence-corrected chi connectivity index (χ0v) is 13.7. The number of amides is 3. The number of hydrogen-bond donors (Lipinski definition) is 3. The zero-order chi connectivity index (χ0) is 16.2. The van der Waals surface area contributed by atoms with Gasteiger partial charge >= 0.3 is 6.03 Å². The fraction of sp³-hybridized carbons (Fsp3) is 0.529. The highest BCUT2D eigenvalue weighted by Crippen LogP contribution is 2.35. The number of urea groups is 1. The van der Waals surface area contributed by atoms with E-state index in [9.17, 15) is 9.59 Å². The summed E-state index contributed by atoms with van der Waals surface area (Å²) in [4.78, 5) is 23.9. The molecule has 1 saturated carbocycles. The minimum absolute atomic E-state index is 0.0907. The van der Waals surface area contributed by atoms with Crippen LogP contribution in [0.15, 0.2) is 24.3 Å². The van der Waals surface area contributed by atoms with Crippen LogP contribution in [0.5, 0.6) is 0 Å². The van der Waals surface area contributed by atoms with Gasteiger partial charge in [-0.05, 0) is 43.4 Å². The van der Waals surface area contributed by atoms with Gasteiger partial charge in [0.2, 0.25) is 5.91 Å². The maximum Gasteiger partial charge on any atom is 0.315 e. The minimum atomic E-state index is -0.417. The van der Waals surface area contributed by atoms with E-state index in [1.807, 2.05) is 24.3 Å². The first-order valence-electron chi connectivity index (χ1n) is 8.23. The van der Waals surface area contributed by atoms with Crippen molar-refractivity contribution in [1.82, 2.24) is 16.0 Å². The van der Waals surface area contributed by atoms with Crippen molar-refractivity contribution in [3.63, 3.8) is 0 Å². The maximum absolute atomic E-state index is 12.2. The lowest BCUT2D eigenvalue weighted by atomic mass is 9.94. The van der Waals surface area contributed by atoms with Crippen molar-refractivity contribution in [3.05, 3.63) is 34.9 Å². The monoisotopic (exact) mass is 335 g/mol. The van der Waals surface area contributed by atoms with Gasteiger partial charge in [-0.1, -0.05) is 30.2 Å². The van der Waals surface area contributed by atoms with E-state index < -0.39 is 6.04 Å². The summed E-state index contributed by atoms with van der Waals surface area (Å²) in [6.07, 6.45) is 4.69. The van der Waals surface area contributed by atoms with Gasteiger partial charge in [-0.15, -0.1) is 0 Å². The molecule has 3 N–H and O–H groups in total. The molecule has 6 heteroatoms. The van der Waals surface area contributed by atoms with E-state index in [1.54, 1.807) is 0 Å². The number of nitrogens with one attached hydrogen (secondary N) is 3. The van der Waals surface area contributed by atoms with E-state index in [-0.39, 0.29) is 18.0 Å². The average Bonchev–Trinajstić information content (AvgIpc) is 2.98. The van der Waals surface area contributed by atoms with Gasteiger partial charge in [0.1, 0.15) is 6.04 Å². The molecule has 1 aromatic carbocycles. The van der Waals surface area contributed by atoms with Crippen LogP contribution in [0.1, 0.15) is 43.6 Å². The third kappa shape index (κ3) is 3.96. The highest BCUT2D eigenvalue weighted by atomic mass is 35.5. The molecule has 0 aromatic heterocycles. The fourth-order valence-electron chi connectivity index (χ4n) is 3.52. The molecule has 0 bridgehead atoms. The van der Waals surface area contributed by atoms with Gasteiger partial charge in [0, 0.05) is 23.5 Å². The van der Waals surface area contributed by atoms with Crippen LogP contribution in [0.25, 0.3) is 0 Å². The van der Waals surface area contributed by atoms with E-state index in [0.29, 0.717) is 18.9 Å². The Hall–Kier alpha value is -1.75. The molecular formula is C17H22ClN3O2. The van der Waals surface area contributed by atoms with E-state index in [0.717, 1.165) is 30.7 Å². The molecule has 2 aliphatic rings. The van der Waals surface area contributed by atoms with E-state index >= 15 is 0 Å². The van der Waals surface area contributed by atoms with Crippen LogP contribution >= 0.6 is 11.6 Å². The quantitative estimate of drug-likeness (QED) is 0.794. The van der Waals surface area contributed by atoms with E-state index in [4.69, 9.17) is 11.6 Å². The molecule has 23 heavy (non-hydrogen) atoms. The molecule has 1 aliphatic heterocycles. The second-order valence-corrected chi connectivity index (χ2v) is 6.74. The standard InChI is InChI=1S/C17H22ClN3O2/c18-12-8-6-11(7-9-12)13-3-1-4-14(13)20-17(23)21-15-5-2-10-19-16(15)22/h6-9,13-15H,1-5,10H2,(H,19,22)(H2,20,21,23)/t13-,14-,15+/m0/s1.